The molecule has 6 heteroatoms. The lowest BCUT2D eigenvalue weighted by molar-refractivity contribution is 0.184. The molecule has 0 saturated carbocycles. The Kier molecular flexibility index (Phi) is 9.36. The first-order chi connectivity index (χ1) is 13.3. The third kappa shape index (κ3) is 8.68. The van der Waals surface area contributed by atoms with Crippen LogP contribution in [0.4, 0.5) is 0 Å². The van der Waals surface area contributed by atoms with Gasteiger partial charge in [-0.15, -0.1) is 0 Å². The zero-order valence-electron chi connectivity index (χ0n) is 16.3. The average molecular weight is 405 g/mol. The molecule has 5 nitrogen and oxygen atoms in total. The molecule has 0 bridgehead atoms. The molecule has 0 spiro atoms. The van der Waals surface area contributed by atoms with Crippen LogP contribution in [-0.4, -0.2) is 26.8 Å². The SMILES string of the molecule is N[C@H](CCc1ccc(CCCCCc2ccccc2)cc1)CC(O)P(=O)(O)O. The van der Waals surface area contributed by atoms with E-state index in [0.717, 1.165) is 24.8 Å². The van der Waals surface area contributed by atoms with Crippen molar-refractivity contribution >= 4 is 7.60 Å². The second-order valence-corrected chi connectivity index (χ2v) is 9.24. The van der Waals surface area contributed by atoms with Crippen molar-refractivity contribution in [1.82, 2.24) is 0 Å². The molecule has 2 aromatic rings. The van der Waals surface area contributed by atoms with Gasteiger partial charge < -0.3 is 20.6 Å². The maximum Gasteiger partial charge on any atom is 0.353 e. The fourth-order valence-corrected chi connectivity index (χ4v) is 3.78. The van der Waals surface area contributed by atoms with Crippen molar-refractivity contribution < 1.29 is 19.5 Å². The summed E-state index contributed by atoms with van der Waals surface area (Å²) in [6.07, 6.45) is 7.03. The summed E-state index contributed by atoms with van der Waals surface area (Å²) in [7, 11) is -4.47. The van der Waals surface area contributed by atoms with E-state index in [-0.39, 0.29) is 6.42 Å². The summed E-state index contributed by atoms with van der Waals surface area (Å²) in [6.45, 7) is 0. The van der Waals surface area contributed by atoms with E-state index in [9.17, 15) is 9.67 Å². The van der Waals surface area contributed by atoms with Crippen LogP contribution in [0.15, 0.2) is 54.6 Å². The van der Waals surface area contributed by atoms with Crippen molar-refractivity contribution in [3.05, 3.63) is 71.3 Å². The molecule has 28 heavy (non-hydrogen) atoms. The quantitative estimate of drug-likeness (QED) is 0.318. The largest absolute Gasteiger partial charge is 0.380 e. The molecule has 1 unspecified atom stereocenters. The van der Waals surface area contributed by atoms with Gasteiger partial charge in [-0.25, -0.2) is 0 Å². The van der Waals surface area contributed by atoms with Gasteiger partial charge in [0.15, 0.2) is 5.85 Å². The van der Waals surface area contributed by atoms with E-state index in [0.29, 0.717) is 6.42 Å². The molecule has 0 amide bonds. The minimum absolute atomic E-state index is 0.0919. The second-order valence-electron chi connectivity index (χ2n) is 7.47. The number of hydrogen-bond acceptors (Lipinski definition) is 3. The molecule has 0 heterocycles. The van der Waals surface area contributed by atoms with E-state index >= 15 is 0 Å². The highest BCUT2D eigenvalue weighted by atomic mass is 31.2. The van der Waals surface area contributed by atoms with Crippen molar-refractivity contribution in [2.75, 3.05) is 0 Å². The lowest BCUT2D eigenvalue weighted by Crippen LogP contribution is -2.26. The third-order valence-electron chi connectivity index (χ3n) is 5.00. The van der Waals surface area contributed by atoms with E-state index < -0.39 is 19.5 Å². The first kappa shape index (κ1) is 22.8. The van der Waals surface area contributed by atoms with Crippen LogP contribution in [0.1, 0.15) is 48.8 Å². The molecular weight excluding hydrogens is 373 g/mol. The fourth-order valence-electron chi connectivity index (χ4n) is 3.23. The number of hydrogen-bond donors (Lipinski definition) is 4. The van der Waals surface area contributed by atoms with Crippen molar-refractivity contribution in [3.8, 4) is 0 Å². The van der Waals surface area contributed by atoms with Crippen LogP contribution >= 0.6 is 7.60 Å². The van der Waals surface area contributed by atoms with Gasteiger partial charge in [-0.3, -0.25) is 4.57 Å². The highest BCUT2D eigenvalue weighted by Crippen LogP contribution is 2.41. The summed E-state index contributed by atoms with van der Waals surface area (Å²) < 4.78 is 11.0. The molecule has 2 aromatic carbocycles. The Labute approximate surface area is 167 Å². The van der Waals surface area contributed by atoms with Crippen molar-refractivity contribution in [2.45, 2.75) is 63.3 Å². The van der Waals surface area contributed by atoms with Crippen LogP contribution in [0, 0.1) is 0 Å². The van der Waals surface area contributed by atoms with Gasteiger partial charge in [0.25, 0.3) is 0 Å². The Hall–Kier alpha value is -1.49. The summed E-state index contributed by atoms with van der Waals surface area (Å²) in [5.74, 6) is -1.67. The second kappa shape index (κ2) is 11.5. The van der Waals surface area contributed by atoms with Crippen molar-refractivity contribution in [3.63, 3.8) is 0 Å². The van der Waals surface area contributed by atoms with Gasteiger partial charge >= 0.3 is 7.60 Å². The van der Waals surface area contributed by atoms with E-state index in [1.807, 2.05) is 6.07 Å². The Morgan fingerprint density at radius 3 is 1.82 bits per heavy atom. The number of aryl methyl sites for hydroxylation is 3. The van der Waals surface area contributed by atoms with Crippen molar-refractivity contribution in [1.29, 1.82) is 0 Å². The van der Waals surface area contributed by atoms with E-state index in [4.69, 9.17) is 15.5 Å². The molecule has 0 aliphatic carbocycles. The zero-order valence-corrected chi connectivity index (χ0v) is 17.2. The first-order valence-corrected chi connectivity index (χ1v) is 11.6. The topological polar surface area (TPSA) is 104 Å². The van der Waals surface area contributed by atoms with Gasteiger partial charge in [-0.1, -0.05) is 61.0 Å². The molecule has 5 N–H and O–H groups in total. The molecule has 2 rings (SSSR count). The third-order valence-corrected chi connectivity index (χ3v) is 5.99. The summed E-state index contributed by atoms with van der Waals surface area (Å²) in [5, 5.41) is 9.43. The normalized spacial score (nSPS) is 14.0. The van der Waals surface area contributed by atoms with Crippen LogP contribution < -0.4 is 5.73 Å². The molecule has 0 fully saturated rings. The van der Waals surface area contributed by atoms with Crippen LogP contribution in [0.3, 0.4) is 0 Å². The summed E-state index contributed by atoms with van der Waals surface area (Å²) >= 11 is 0. The number of rotatable bonds is 12. The molecule has 0 aliphatic rings. The summed E-state index contributed by atoms with van der Waals surface area (Å²) in [5.41, 5.74) is 9.75. The predicted octanol–water partition coefficient (Wildman–Crippen LogP) is 3.79. The molecule has 0 saturated heterocycles. The van der Waals surface area contributed by atoms with E-state index in [2.05, 4.69) is 48.5 Å². The van der Waals surface area contributed by atoms with Crippen LogP contribution in [0.25, 0.3) is 0 Å². The Morgan fingerprint density at radius 2 is 1.29 bits per heavy atom. The molecule has 154 valence electrons. The summed E-state index contributed by atoms with van der Waals surface area (Å²) in [4.78, 5) is 17.8. The maximum atomic E-state index is 11.0. The van der Waals surface area contributed by atoms with Crippen LogP contribution in [-0.2, 0) is 23.8 Å². The highest BCUT2D eigenvalue weighted by Gasteiger charge is 2.27. The van der Waals surface area contributed by atoms with Crippen LogP contribution in [0.5, 0.6) is 0 Å². The van der Waals surface area contributed by atoms with Crippen molar-refractivity contribution in [2.24, 2.45) is 5.73 Å². The lowest BCUT2D eigenvalue weighted by atomic mass is 10.00. The Bertz CT molecular complexity index is 730. The van der Waals surface area contributed by atoms with Gasteiger partial charge in [0.1, 0.15) is 0 Å². The zero-order chi connectivity index (χ0) is 20.4. The smallest absolute Gasteiger partial charge is 0.353 e. The minimum atomic E-state index is -4.47. The predicted molar refractivity (Wildman–Crippen MR) is 113 cm³/mol. The van der Waals surface area contributed by atoms with Gasteiger partial charge in [0.2, 0.25) is 0 Å². The van der Waals surface area contributed by atoms with Gasteiger partial charge in [0, 0.05) is 12.5 Å². The number of unbranched alkanes of at least 4 members (excludes halogenated alkanes) is 2. The van der Waals surface area contributed by atoms with E-state index in [1.54, 1.807) is 0 Å². The molecule has 2 atom stereocenters. The van der Waals surface area contributed by atoms with E-state index in [1.165, 1.54) is 30.4 Å². The number of aliphatic hydroxyl groups excluding tert-OH is 1. The number of nitrogens with two attached hydrogens (primary N) is 1. The van der Waals surface area contributed by atoms with Gasteiger partial charge in [0.05, 0.1) is 0 Å². The fraction of sp³-hybridized carbons (Fsp3) is 0.455. The molecular formula is C22H32NO4P. The lowest BCUT2D eigenvalue weighted by Gasteiger charge is -2.17. The van der Waals surface area contributed by atoms with Gasteiger partial charge in [-0.2, -0.15) is 0 Å². The minimum Gasteiger partial charge on any atom is -0.380 e. The maximum absolute atomic E-state index is 11.0. The van der Waals surface area contributed by atoms with Crippen LogP contribution in [0.2, 0.25) is 0 Å². The first-order valence-electron chi connectivity index (χ1n) is 9.95. The number of aliphatic hydroxyl groups is 1. The molecule has 0 aromatic heterocycles. The molecule has 0 radical (unpaired) electrons. The average Bonchev–Trinajstić information content (AvgIpc) is 2.67. The molecule has 0 aliphatic heterocycles. The standard InChI is InChI=1S/C22H32NO4P/c23-21(17-22(24)28(25,26)27)16-15-20-13-11-19(12-14-20)10-6-2-5-9-18-7-3-1-4-8-18/h1,3-4,7-8,11-14,21-22,24H,2,5-6,9-10,15-17,23H2,(H2,25,26,27)/t21-,22?/m1/s1. The Balaban J connectivity index is 1.63. The van der Waals surface area contributed by atoms with Gasteiger partial charge in [-0.05, 0) is 55.2 Å². The highest BCUT2D eigenvalue weighted by molar-refractivity contribution is 7.52. The number of benzene rings is 2. The monoisotopic (exact) mass is 405 g/mol. The summed E-state index contributed by atoms with van der Waals surface area (Å²) in [6, 6.07) is 18.6. The Morgan fingerprint density at radius 1 is 0.786 bits per heavy atom.